The van der Waals surface area contributed by atoms with Crippen LogP contribution in [0.15, 0.2) is 23.1 Å². The number of rotatable bonds is 4. The van der Waals surface area contributed by atoms with Gasteiger partial charge in [-0.15, -0.1) is 0 Å². The highest BCUT2D eigenvalue weighted by Crippen LogP contribution is 2.25. The predicted octanol–water partition coefficient (Wildman–Crippen LogP) is 1.02. The van der Waals surface area contributed by atoms with Crippen LogP contribution in [0.4, 0.5) is 0 Å². The Morgan fingerprint density at radius 3 is 2.52 bits per heavy atom. The molecule has 3 rings (SSSR count). The Bertz CT molecular complexity index is 735. The van der Waals surface area contributed by atoms with Gasteiger partial charge in [0.05, 0.1) is 12.0 Å². The molecular weight excluding hydrogens is 344 g/mol. The van der Waals surface area contributed by atoms with Gasteiger partial charge in [0.25, 0.3) is 5.91 Å². The molecule has 2 saturated heterocycles. The fourth-order valence-electron chi connectivity index (χ4n) is 3.29. The summed E-state index contributed by atoms with van der Waals surface area (Å²) in [5, 5.41) is 0. The summed E-state index contributed by atoms with van der Waals surface area (Å²) in [7, 11) is -2.01. The number of carbonyl (C=O) groups is 1. The minimum Gasteiger partial charge on any atom is -0.496 e. The summed E-state index contributed by atoms with van der Waals surface area (Å²) in [6, 6.07) is 4.85. The van der Waals surface area contributed by atoms with Crippen molar-refractivity contribution in [1.82, 2.24) is 9.21 Å². The van der Waals surface area contributed by atoms with E-state index in [0.717, 1.165) is 18.4 Å². The van der Waals surface area contributed by atoms with E-state index in [-0.39, 0.29) is 16.9 Å². The van der Waals surface area contributed by atoms with E-state index >= 15 is 0 Å². The summed E-state index contributed by atoms with van der Waals surface area (Å²) in [5.41, 5.74) is 0.774. The molecule has 25 heavy (non-hydrogen) atoms. The summed E-state index contributed by atoms with van der Waals surface area (Å²) < 4.78 is 37.7. The second-order valence-corrected chi connectivity index (χ2v) is 8.30. The highest BCUT2D eigenvalue weighted by atomic mass is 32.2. The van der Waals surface area contributed by atoms with Gasteiger partial charge in [-0.05, 0) is 43.5 Å². The normalized spacial score (nSPS) is 22.2. The minimum atomic E-state index is -3.57. The van der Waals surface area contributed by atoms with Gasteiger partial charge in [-0.1, -0.05) is 0 Å². The van der Waals surface area contributed by atoms with Crippen molar-refractivity contribution >= 4 is 15.9 Å². The van der Waals surface area contributed by atoms with Gasteiger partial charge in [0, 0.05) is 32.8 Å². The Hall–Kier alpha value is -1.64. The third kappa shape index (κ3) is 3.65. The average molecular weight is 368 g/mol. The van der Waals surface area contributed by atoms with Crippen molar-refractivity contribution in [1.29, 1.82) is 0 Å². The van der Waals surface area contributed by atoms with Crippen molar-refractivity contribution in [3.05, 3.63) is 23.8 Å². The molecule has 0 aliphatic carbocycles. The van der Waals surface area contributed by atoms with Crippen LogP contribution in [0.2, 0.25) is 0 Å². The molecule has 138 valence electrons. The molecule has 2 fully saturated rings. The lowest BCUT2D eigenvalue weighted by molar-refractivity contribution is -0.142. The molecule has 2 aliphatic rings. The number of hydrogen-bond acceptors (Lipinski definition) is 5. The third-order valence-corrected chi connectivity index (χ3v) is 6.65. The maximum atomic E-state index is 12.8. The monoisotopic (exact) mass is 368 g/mol. The molecule has 1 aromatic rings. The first-order valence-electron chi connectivity index (χ1n) is 8.48. The first-order chi connectivity index (χ1) is 11.9. The first kappa shape index (κ1) is 18.2. The van der Waals surface area contributed by atoms with Gasteiger partial charge in [0.2, 0.25) is 10.0 Å². The van der Waals surface area contributed by atoms with Crippen LogP contribution < -0.4 is 4.74 Å². The van der Waals surface area contributed by atoms with Crippen LogP contribution in [0.5, 0.6) is 5.75 Å². The number of carbonyl (C=O) groups excluding carboxylic acids is 1. The van der Waals surface area contributed by atoms with Crippen LogP contribution >= 0.6 is 0 Å². The van der Waals surface area contributed by atoms with Crippen molar-refractivity contribution in [3.63, 3.8) is 0 Å². The smallest absolute Gasteiger partial charge is 0.251 e. The van der Waals surface area contributed by atoms with Crippen LogP contribution in [0.1, 0.15) is 18.4 Å². The Morgan fingerprint density at radius 1 is 1.24 bits per heavy atom. The van der Waals surface area contributed by atoms with E-state index in [9.17, 15) is 13.2 Å². The molecule has 0 spiro atoms. The number of aryl methyl sites for hydroxylation is 1. The number of hydrogen-bond donors (Lipinski definition) is 0. The van der Waals surface area contributed by atoms with E-state index in [2.05, 4.69) is 0 Å². The fraction of sp³-hybridized carbons (Fsp3) is 0.588. The van der Waals surface area contributed by atoms with E-state index in [1.54, 1.807) is 30.2 Å². The summed E-state index contributed by atoms with van der Waals surface area (Å²) in [5.74, 6) is 0.640. The lowest BCUT2D eigenvalue weighted by Crippen LogP contribution is -2.52. The molecule has 1 amide bonds. The average Bonchev–Trinajstić information content (AvgIpc) is 3.15. The Morgan fingerprint density at radius 2 is 1.96 bits per heavy atom. The fourth-order valence-corrected chi connectivity index (χ4v) is 4.79. The van der Waals surface area contributed by atoms with Crippen molar-refractivity contribution in [2.45, 2.75) is 30.8 Å². The highest BCUT2D eigenvalue weighted by Gasteiger charge is 2.34. The van der Waals surface area contributed by atoms with Crippen LogP contribution in [-0.2, 0) is 19.6 Å². The quantitative estimate of drug-likeness (QED) is 0.793. The van der Waals surface area contributed by atoms with Gasteiger partial charge in [0.15, 0.2) is 0 Å². The van der Waals surface area contributed by atoms with Crippen molar-refractivity contribution in [3.8, 4) is 5.75 Å². The molecule has 1 unspecified atom stereocenters. The van der Waals surface area contributed by atoms with E-state index < -0.39 is 10.0 Å². The van der Waals surface area contributed by atoms with E-state index in [1.165, 1.54) is 4.31 Å². The molecular formula is C17H24N2O5S. The number of benzene rings is 1. The molecule has 8 heteroatoms. The third-order valence-electron chi connectivity index (χ3n) is 4.76. The minimum absolute atomic E-state index is 0.0187. The maximum absolute atomic E-state index is 12.8. The van der Waals surface area contributed by atoms with E-state index in [4.69, 9.17) is 9.47 Å². The maximum Gasteiger partial charge on any atom is 0.251 e. The molecule has 1 atom stereocenters. The van der Waals surface area contributed by atoms with Gasteiger partial charge < -0.3 is 14.4 Å². The molecule has 0 saturated carbocycles. The zero-order valence-corrected chi connectivity index (χ0v) is 15.4. The summed E-state index contributed by atoms with van der Waals surface area (Å²) >= 11 is 0. The summed E-state index contributed by atoms with van der Waals surface area (Å²) in [6.07, 6.45) is 1.30. The highest BCUT2D eigenvalue weighted by molar-refractivity contribution is 7.89. The zero-order valence-electron chi connectivity index (χ0n) is 14.6. The molecule has 0 bridgehead atoms. The molecule has 2 heterocycles. The Balaban J connectivity index is 1.67. The Labute approximate surface area is 148 Å². The Kier molecular flexibility index (Phi) is 5.31. The number of sulfonamides is 1. The van der Waals surface area contributed by atoms with Crippen molar-refractivity contribution in [2.75, 3.05) is 39.9 Å². The lowest BCUT2D eigenvalue weighted by atomic mass is 10.2. The van der Waals surface area contributed by atoms with Crippen LogP contribution in [0.25, 0.3) is 0 Å². The van der Waals surface area contributed by atoms with Gasteiger partial charge in [-0.3, -0.25) is 4.79 Å². The molecule has 0 N–H and O–H groups in total. The summed E-state index contributed by atoms with van der Waals surface area (Å²) in [6.45, 7) is 3.83. The van der Waals surface area contributed by atoms with Gasteiger partial charge in [0.1, 0.15) is 11.9 Å². The number of nitrogens with zero attached hydrogens (tertiary/aromatic N) is 2. The molecule has 0 radical (unpaired) electrons. The molecule has 1 aromatic carbocycles. The topological polar surface area (TPSA) is 76.2 Å². The number of ether oxygens (including phenoxy) is 2. The predicted molar refractivity (Wildman–Crippen MR) is 92.0 cm³/mol. The second-order valence-electron chi connectivity index (χ2n) is 6.36. The largest absolute Gasteiger partial charge is 0.496 e. The van der Waals surface area contributed by atoms with Crippen LogP contribution in [-0.4, -0.2) is 69.5 Å². The molecule has 2 aliphatic heterocycles. The standard InChI is InChI=1S/C17H24N2O5S/c1-13-12-14(5-6-15(13)23-2)25(21,22)19-9-7-18(8-10-19)17(20)16-4-3-11-24-16/h5-6,12,16H,3-4,7-11H2,1-2H3. The zero-order chi connectivity index (χ0) is 18.0. The van der Waals surface area contributed by atoms with E-state index in [0.29, 0.717) is 38.5 Å². The molecule has 7 nitrogen and oxygen atoms in total. The number of amides is 1. The lowest BCUT2D eigenvalue weighted by Gasteiger charge is -2.35. The SMILES string of the molecule is COc1ccc(S(=O)(=O)N2CCN(C(=O)C3CCCO3)CC2)cc1C. The van der Waals surface area contributed by atoms with Gasteiger partial charge >= 0.3 is 0 Å². The van der Waals surface area contributed by atoms with Crippen molar-refractivity contribution in [2.24, 2.45) is 0 Å². The van der Waals surface area contributed by atoms with Crippen LogP contribution in [0.3, 0.4) is 0 Å². The molecule has 0 aromatic heterocycles. The second kappa shape index (κ2) is 7.31. The summed E-state index contributed by atoms with van der Waals surface area (Å²) in [4.78, 5) is 14.3. The number of methoxy groups -OCH3 is 1. The number of piperazine rings is 1. The van der Waals surface area contributed by atoms with E-state index in [1.807, 2.05) is 6.92 Å². The first-order valence-corrected chi connectivity index (χ1v) is 9.92. The van der Waals surface area contributed by atoms with Gasteiger partial charge in [-0.25, -0.2) is 8.42 Å². The van der Waals surface area contributed by atoms with Gasteiger partial charge in [-0.2, -0.15) is 4.31 Å². The van der Waals surface area contributed by atoms with Crippen LogP contribution in [0, 0.1) is 6.92 Å². The van der Waals surface area contributed by atoms with Crippen molar-refractivity contribution < 1.29 is 22.7 Å².